The van der Waals surface area contributed by atoms with Gasteiger partial charge in [-0.3, -0.25) is 4.98 Å². The molecule has 1 aromatic heterocycles. The monoisotopic (exact) mass is 288 g/mol. The van der Waals surface area contributed by atoms with E-state index in [0.29, 0.717) is 17.9 Å². The average Bonchev–Trinajstić information content (AvgIpc) is 2.50. The Bertz CT molecular complexity index is 601. The number of hydrogen-bond donors (Lipinski definition) is 1. The van der Waals surface area contributed by atoms with Gasteiger partial charge in [-0.1, -0.05) is 24.6 Å². The second kappa shape index (κ2) is 7.18. The van der Waals surface area contributed by atoms with Gasteiger partial charge in [0.15, 0.2) is 0 Å². The Kier molecular flexibility index (Phi) is 5.28. The van der Waals surface area contributed by atoms with Crippen molar-refractivity contribution >= 4 is 0 Å². The molecule has 2 rings (SSSR count). The van der Waals surface area contributed by atoms with Gasteiger partial charge in [-0.25, -0.2) is 4.39 Å². The lowest BCUT2D eigenvalue weighted by atomic mass is 9.98. The van der Waals surface area contributed by atoms with Crippen molar-refractivity contribution in [3.05, 3.63) is 59.2 Å². The van der Waals surface area contributed by atoms with Gasteiger partial charge in [-0.15, -0.1) is 0 Å². The van der Waals surface area contributed by atoms with E-state index in [0.717, 1.165) is 17.5 Å². The van der Waals surface area contributed by atoms with Crippen LogP contribution in [-0.4, -0.2) is 18.6 Å². The maximum absolute atomic E-state index is 14.1. The summed E-state index contributed by atoms with van der Waals surface area (Å²) in [5, 5.41) is 3.15. The Morgan fingerprint density at radius 2 is 2.10 bits per heavy atom. The van der Waals surface area contributed by atoms with E-state index in [1.807, 2.05) is 26.1 Å². The Morgan fingerprint density at radius 3 is 2.81 bits per heavy atom. The van der Waals surface area contributed by atoms with Crippen LogP contribution in [0, 0.1) is 12.7 Å². The number of aromatic nitrogens is 1. The highest BCUT2D eigenvalue weighted by Crippen LogP contribution is 2.26. The quantitative estimate of drug-likeness (QED) is 0.881. The summed E-state index contributed by atoms with van der Waals surface area (Å²) >= 11 is 0. The second-order valence-electron chi connectivity index (χ2n) is 5.05. The molecule has 21 heavy (non-hydrogen) atoms. The molecule has 0 aliphatic rings. The van der Waals surface area contributed by atoms with E-state index in [-0.39, 0.29) is 11.9 Å². The molecule has 1 N–H and O–H groups in total. The number of aryl methyl sites for hydroxylation is 1. The molecule has 1 atom stereocenters. The summed E-state index contributed by atoms with van der Waals surface area (Å²) in [6.07, 6.45) is 4.35. The lowest BCUT2D eigenvalue weighted by molar-refractivity contribution is 0.315. The van der Waals surface area contributed by atoms with Crippen LogP contribution in [0.25, 0.3) is 0 Å². The van der Waals surface area contributed by atoms with Crippen molar-refractivity contribution in [1.82, 2.24) is 10.3 Å². The molecule has 3 nitrogen and oxygen atoms in total. The van der Waals surface area contributed by atoms with Crippen molar-refractivity contribution in [1.29, 1.82) is 0 Å². The van der Waals surface area contributed by atoms with Crippen LogP contribution < -0.4 is 10.1 Å². The van der Waals surface area contributed by atoms with Crippen LogP contribution in [0.3, 0.4) is 0 Å². The minimum Gasteiger partial charge on any atom is -0.492 e. The lowest BCUT2D eigenvalue weighted by Crippen LogP contribution is -2.19. The highest BCUT2D eigenvalue weighted by atomic mass is 19.1. The summed E-state index contributed by atoms with van der Waals surface area (Å²) in [6.45, 7) is 4.65. The van der Waals surface area contributed by atoms with Gasteiger partial charge in [0, 0.05) is 11.8 Å². The zero-order chi connectivity index (χ0) is 15.2. The summed E-state index contributed by atoms with van der Waals surface area (Å²) in [7, 11) is 1.81. The molecule has 0 aliphatic heterocycles. The van der Waals surface area contributed by atoms with E-state index in [2.05, 4.69) is 17.2 Å². The van der Waals surface area contributed by atoms with Crippen LogP contribution in [0.5, 0.6) is 5.75 Å². The summed E-state index contributed by atoms with van der Waals surface area (Å²) in [5.41, 5.74) is 2.53. The van der Waals surface area contributed by atoms with Gasteiger partial charge >= 0.3 is 0 Å². The smallest absolute Gasteiger partial charge is 0.137 e. The topological polar surface area (TPSA) is 34.1 Å². The van der Waals surface area contributed by atoms with Gasteiger partial charge in [-0.2, -0.15) is 0 Å². The highest BCUT2D eigenvalue weighted by molar-refractivity contribution is 5.36. The largest absolute Gasteiger partial charge is 0.492 e. The molecule has 4 heteroatoms. The number of pyridine rings is 1. The van der Waals surface area contributed by atoms with Crippen LogP contribution in [0.1, 0.15) is 36.1 Å². The SMILES string of the molecule is CCCOc1cncc(C(NC)c2cc(C)ccc2F)c1. The number of nitrogens with zero attached hydrogens (tertiary/aromatic N) is 1. The van der Waals surface area contributed by atoms with E-state index in [1.165, 1.54) is 6.07 Å². The van der Waals surface area contributed by atoms with Crippen molar-refractivity contribution < 1.29 is 9.13 Å². The summed E-state index contributed by atoms with van der Waals surface area (Å²) in [6, 6.07) is 6.79. The zero-order valence-electron chi connectivity index (χ0n) is 12.7. The molecule has 0 bridgehead atoms. The predicted octanol–water partition coefficient (Wildman–Crippen LogP) is 3.63. The van der Waals surface area contributed by atoms with E-state index in [9.17, 15) is 4.39 Å². The first-order chi connectivity index (χ1) is 10.2. The Balaban J connectivity index is 2.34. The highest BCUT2D eigenvalue weighted by Gasteiger charge is 2.17. The molecule has 1 heterocycles. The lowest BCUT2D eigenvalue weighted by Gasteiger charge is -2.19. The molecular weight excluding hydrogens is 267 g/mol. The Morgan fingerprint density at radius 1 is 1.29 bits per heavy atom. The van der Waals surface area contributed by atoms with E-state index >= 15 is 0 Å². The minimum atomic E-state index is -0.248. The van der Waals surface area contributed by atoms with E-state index in [1.54, 1.807) is 18.5 Å². The van der Waals surface area contributed by atoms with Crippen LogP contribution in [-0.2, 0) is 0 Å². The first kappa shape index (κ1) is 15.4. The van der Waals surface area contributed by atoms with E-state index in [4.69, 9.17) is 4.74 Å². The minimum absolute atomic E-state index is 0.222. The third-order valence-electron chi connectivity index (χ3n) is 3.29. The number of ether oxygens (including phenoxy) is 1. The third-order valence-corrected chi connectivity index (χ3v) is 3.29. The fourth-order valence-electron chi connectivity index (χ4n) is 2.28. The van der Waals surface area contributed by atoms with Gasteiger partial charge in [0.05, 0.1) is 18.8 Å². The maximum atomic E-state index is 14.1. The van der Waals surface area contributed by atoms with Crippen LogP contribution in [0.2, 0.25) is 0 Å². The first-order valence-electron chi connectivity index (χ1n) is 7.16. The van der Waals surface area contributed by atoms with Gasteiger partial charge < -0.3 is 10.1 Å². The van der Waals surface area contributed by atoms with Crippen LogP contribution in [0.4, 0.5) is 4.39 Å². The van der Waals surface area contributed by atoms with Crippen LogP contribution in [0.15, 0.2) is 36.7 Å². The van der Waals surface area contributed by atoms with E-state index < -0.39 is 0 Å². The van der Waals surface area contributed by atoms with Gasteiger partial charge in [-0.05, 0) is 38.1 Å². The predicted molar refractivity (Wildman–Crippen MR) is 82.1 cm³/mol. The number of halogens is 1. The molecule has 1 aromatic carbocycles. The second-order valence-corrected chi connectivity index (χ2v) is 5.05. The third kappa shape index (κ3) is 3.79. The zero-order valence-corrected chi connectivity index (χ0v) is 12.7. The molecular formula is C17H21FN2O. The number of rotatable bonds is 6. The molecule has 0 saturated heterocycles. The molecule has 0 fully saturated rings. The fourth-order valence-corrected chi connectivity index (χ4v) is 2.28. The Labute approximate surface area is 125 Å². The fraction of sp³-hybridized carbons (Fsp3) is 0.353. The normalized spacial score (nSPS) is 12.2. The Hall–Kier alpha value is -1.94. The van der Waals surface area contributed by atoms with Crippen molar-refractivity contribution in [2.45, 2.75) is 26.3 Å². The molecule has 112 valence electrons. The molecule has 0 aliphatic carbocycles. The molecule has 1 unspecified atom stereocenters. The molecule has 0 saturated carbocycles. The summed E-state index contributed by atoms with van der Waals surface area (Å²) < 4.78 is 19.7. The molecule has 0 radical (unpaired) electrons. The van der Waals surface area contributed by atoms with Gasteiger partial charge in [0.2, 0.25) is 0 Å². The van der Waals surface area contributed by atoms with Crippen molar-refractivity contribution in [3.8, 4) is 5.75 Å². The summed E-state index contributed by atoms with van der Waals surface area (Å²) in [5.74, 6) is 0.488. The van der Waals surface area contributed by atoms with Gasteiger partial charge in [0.25, 0.3) is 0 Å². The van der Waals surface area contributed by atoms with Crippen molar-refractivity contribution in [3.63, 3.8) is 0 Å². The first-order valence-corrected chi connectivity index (χ1v) is 7.16. The molecule has 2 aromatic rings. The number of nitrogens with one attached hydrogen (secondary N) is 1. The van der Waals surface area contributed by atoms with Crippen molar-refractivity contribution in [2.24, 2.45) is 0 Å². The number of benzene rings is 1. The molecule has 0 spiro atoms. The van der Waals surface area contributed by atoms with Crippen molar-refractivity contribution in [2.75, 3.05) is 13.7 Å². The standard InChI is InChI=1S/C17H21FN2O/c1-4-7-21-14-9-13(10-20-11-14)17(19-3)15-8-12(2)5-6-16(15)18/h5-6,8-11,17,19H,4,7H2,1-3H3. The number of hydrogen-bond acceptors (Lipinski definition) is 3. The van der Waals surface area contributed by atoms with Gasteiger partial charge in [0.1, 0.15) is 11.6 Å². The average molecular weight is 288 g/mol. The van der Waals surface area contributed by atoms with Crippen LogP contribution >= 0.6 is 0 Å². The summed E-state index contributed by atoms with van der Waals surface area (Å²) in [4.78, 5) is 4.20. The maximum Gasteiger partial charge on any atom is 0.137 e. The molecule has 0 amide bonds.